The lowest BCUT2D eigenvalue weighted by Gasteiger charge is -2.09. The van der Waals surface area contributed by atoms with Crippen LogP contribution in [0.25, 0.3) is 0 Å². The largest absolute Gasteiger partial charge is 0.290 e. The maximum absolute atomic E-state index is 12.7. The van der Waals surface area contributed by atoms with Gasteiger partial charge in [-0.25, -0.2) is 18.4 Å². The van der Waals surface area contributed by atoms with Crippen molar-refractivity contribution >= 4 is 44.9 Å². The van der Waals surface area contributed by atoms with Crippen LogP contribution in [0.3, 0.4) is 0 Å². The minimum Gasteiger partial charge on any atom is -0.267 e. The Morgan fingerprint density at radius 3 is 2.19 bits per heavy atom. The fourth-order valence-electron chi connectivity index (χ4n) is 2.47. The van der Waals surface area contributed by atoms with Crippen LogP contribution in [-0.4, -0.2) is 30.2 Å². The number of carbonyl (C=O) groups excluding carboxylic acids is 2. The predicted molar refractivity (Wildman–Crippen MR) is 115 cm³/mol. The fourth-order valence-corrected chi connectivity index (χ4v) is 3.98. The molecule has 0 radical (unpaired) electrons. The Morgan fingerprint density at radius 1 is 0.935 bits per heavy atom. The molecule has 0 bridgehead atoms. The van der Waals surface area contributed by atoms with Crippen molar-refractivity contribution in [1.29, 1.82) is 0 Å². The number of carbonyl (C=O) groups is 2. The summed E-state index contributed by atoms with van der Waals surface area (Å²) in [6, 6.07) is 12.9. The van der Waals surface area contributed by atoms with Crippen molar-refractivity contribution in [2.75, 3.05) is 0 Å². The number of aryl methyl sites for hydroxylation is 1. The smallest absolute Gasteiger partial charge is 0.267 e. The monoisotopic (exact) mass is 478 g/mol. The first-order valence-corrected chi connectivity index (χ1v) is 11.2. The van der Waals surface area contributed by atoms with Gasteiger partial charge < -0.3 is 0 Å². The minimum atomic E-state index is -3.94. The molecule has 2 aromatic carbocycles. The third-order valence-electron chi connectivity index (χ3n) is 4.09. The molecular weight excluding hydrogens is 463 g/mol. The zero-order valence-electron chi connectivity index (χ0n) is 16.1. The van der Waals surface area contributed by atoms with Gasteiger partial charge in [0, 0.05) is 10.6 Å². The quantitative estimate of drug-likeness (QED) is 0.429. The van der Waals surface area contributed by atoms with E-state index in [9.17, 15) is 18.0 Å². The number of hydrazine groups is 1. The molecule has 0 atom stereocenters. The van der Waals surface area contributed by atoms with Gasteiger partial charge in [-0.2, -0.15) is 0 Å². The van der Waals surface area contributed by atoms with Crippen LogP contribution in [0.15, 0.2) is 59.9 Å². The van der Waals surface area contributed by atoms with Crippen LogP contribution < -0.4 is 10.9 Å². The van der Waals surface area contributed by atoms with Crippen molar-refractivity contribution in [3.63, 3.8) is 0 Å². The Kier molecular flexibility index (Phi) is 6.89. The van der Waals surface area contributed by atoms with E-state index in [4.69, 9.17) is 23.2 Å². The summed E-state index contributed by atoms with van der Waals surface area (Å²) in [5.41, 5.74) is 5.74. The summed E-state index contributed by atoms with van der Waals surface area (Å²) < 4.78 is 25.3. The first-order valence-electron chi connectivity index (χ1n) is 8.83. The molecule has 0 aliphatic rings. The summed E-state index contributed by atoms with van der Waals surface area (Å²) in [6.45, 7) is 1.89. The first-order chi connectivity index (χ1) is 14.7. The third kappa shape index (κ3) is 5.78. The highest BCUT2D eigenvalue weighted by molar-refractivity contribution is 7.90. The second-order valence-corrected chi connectivity index (χ2v) is 9.24. The molecule has 0 saturated carbocycles. The molecule has 2 amide bonds. The van der Waals surface area contributed by atoms with Crippen LogP contribution in [0.2, 0.25) is 10.0 Å². The second kappa shape index (κ2) is 9.42. The van der Waals surface area contributed by atoms with E-state index < -0.39 is 32.5 Å². The number of rotatable bonds is 5. The SMILES string of the molecule is Cc1ccc(CS(=O)(=O)c2ncc(Cl)c(C(=O)NNC(=O)c3ccc(Cl)cc3)n2)cc1. The maximum Gasteiger partial charge on any atom is 0.290 e. The Morgan fingerprint density at radius 2 is 1.55 bits per heavy atom. The average Bonchev–Trinajstić information content (AvgIpc) is 2.74. The number of amides is 2. The highest BCUT2D eigenvalue weighted by Crippen LogP contribution is 2.18. The third-order valence-corrected chi connectivity index (χ3v) is 6.08. The standard InChI is InChI=1S/C20H16Cl2N4O4S/c1-12-2-4-13(5-3-12)11-31(29,30)20-23-10-16(22)17(24-20)19(28)26-25-18(27)14-6-8-15(21)9-7-14/h2-10H,11H2,1H3,(H,25,27)(H,26,28). The molecule has 0 spiro atoms. The van der Waals surface area contributed by atoms with Crippen LogP contribution >= 0.6 is 23.2 Å². The topological polar surface area (TPSA) is 118 Å². The van der Waals surface area contributed by atoms with E-state index in [1.807, 2.05) is 6.92 Å². The molecule has 160 valence electrons. The van der Waals surface area contributed by atoms with Crippen molar-refractivity contribution < 1.29 is 18.0 Å². The number of sulfone groups is 1. The molecule has 31 heavy (non-hydrogen) atoms. The summed E-state index contributed by atoms with van der Waals surface area (Å²) in [7, 11) is -3.94. The Hall–Kier alpha value is -3.01. The van der Waals surface area contributed by atoms with Crippen LogP contribution in [0, 0.1) is 6.92 Å². The summed E-state index contributed by atoms with van der Waals surface area (Å²) in [4.78, 5) is 32.1. The Labute approximate surface area is 188 Å². The van der Waals surface area contributed by atoms with Crippen molar-refractivity contribution in [1.82, 2.24) is 20.8 Å². The van der Waals surface area contributed by atoms with Gasteiger partial charge in [-0.1, -0.05) is 53.0 Å². The summed E-state index contributed by atoms with van der Waals surface area (Å²) >= 11 is 11.7. The Bertz CT molecular complexity index is 1230. The lowest BCUT2D eigenvalue weighted by Crippen LogP contribution is -2.42. The van der Waals surface area contributed by atoms with E-state index in [0.29, 0.717) is 10.6 Å². The number of nitrogens with zero attached hydrogens (tertiary/aromatic N) is 2. The van der Waals surface area contributed by atoms with Crippen LogP contribution in [-0.2, 0) is 15.6 Å². The zero-order chi connectivity index (χ0) is 22.6. The van der Waals surface area contributed by atoms with Crippen molar-refractivity contribution in [3.05, 3.63) is 87.2 Å². The predicted octanol–water partition coefficient (Wildman–Crippen LogP) is 3.14. The molecule has 2 N–H and O–H groups in total. The number of halogens is 2. The molecule has 0 aliphatic heterocycles. The van der Waals surface area contributed by atoms with Gasteiger partial charge in [0.2, 0.25) is 15.0 Å². The van der Waals surface area contributed by atoms with Crippen LogP contribution in [0.5, 0.6) is 0 Å². The minimum absolute atomic E-state index is 0.174. The van der Waals surface area contributed by atoms with Gasteiger partial charge >= 0.3 is 0 Å². The Balaban J connectivity index is 1.75. The van der Waals surface area contributed by atoms with E-state index in [0.717, 1.165) is 11.8 Å². The van der Waals surface area contributed by atoms with E-state index in [1.54, 1.807) is 24.3 Å². The number of aromatic nitrogens is 2. The lowest BCUT2D eigenvalue weighted by atomic mass is 10.2. The van der Waals surface area contributed by atoms with Gasteiger partial charge in [-0.05, 0) is 36.8 Å². The van der Waals surface area contributed by atoms with Gasteiger partial charge in [0.05, 0.1) is 17.0 Å². The average molecular weight is 479 g/mol. The first kappa shape index (κ1) is 22.7. The second-order valence-electron chi connectivity index (χ2n) is 6.51. The van der Waals surface area contributed by atoms with Crippen molar-refractivity contribution in [2.45, 2.75) is 17.8 Å². The summed E-state index contributed by atoms with van der Waals surface area (Å²) in [5, 5.41) is -0.271. The molecule has 0 saturated heterocycles. The molecule has 0 unspecified atom stereocenters. The lowest BCUT2D eigenvalue weighted by molar-refractivity contribution is 0.0843. The number of nitrogens with one attached hydrogen (secondary N) is 2. The molecule has 8 nitrogen and oxygen atoms in total. The summed E-state index contributed by atoms with van der Waals surface area (Å²) in [5.74, 6) is -1.85. The van der Waals surface area contributed by atoms with E-state index in [-0.39, 0.29) is 16.3 Å². The van der Waals surface area contributed by atoms with Crippen LogP contribution in [0.4, 0.5) is 0 Å². The van der Waals surface area contributed by atoms with Crippen LogP contribution in [0.1, 0.15) is 32.0 Å². The van der Waals surface area contributed by atoms with E-state index in [2.05, 4.69) is 20.8 Å². The molecule has 0 aliphatic carbocycles. The normalized spacial score (nSPS) is 11.1. The highest BCUT2D eigenvalue weighted by Gasteiger charge is 2.23. The molecule has 3 rings (SSSR count). The number of hydrogen-bond donors (Lipinski definition) is 2. The van der Waals surface area contributed by atoms with Gasteiger partial charge in [0.15, 0.2) is 5.69 Å². The summed E-state index contributed by atoms with van der Waals surface area (Å²) in [6.07, 6.45) is 1.02. The molecule has 3 aromatic rings. The van der Waals surface area contributed by atoms with Crippen molar-refractivity contribution in [3.8, 4) is 0 Å². The number of benzene rings is 2. The van der Waals surface area contributed by atoms with Gasteiger partial charge in [-0.3, -0.25) is 20.4 Å². The molecule has 1 aromatic heterocycles. The highest BCUT2D eigenvalue weighted by atomic mass is 35.5. The number of hydrogen-bond acceptors (Lipinski definition) is 6. The van der Waals surface area contributed by atoms with E-state index in [1.165, 1.54) is 24.3 Å². The fraction of sp³-hybridized carbons (Fsp3) is 0.100. The van der Waals surface area contributed by atoms with Gasteiger partial charge in [0.25, 0.3) is 11.8 Å². The van der Waals surface area contributed by atoms with E-state index >= 15 is 0 Å². The molecule has 11 heteroatoms. The van der Waals surface area contributed by atoms with Crippen molar-refractivity contribution in [2.24, 2.45) is 0 Å². The molecular formula is C20H16Cl2N4O4S. The maximum atomic E-state index is 12.7. The van der Waals surface area contributed by atoms with Gasteiger partial charge in [-0.15, -0.1) is 0 Å². The molecule has 0 fully saturated rings. The zero-order valence-corrected chi connectivity index (χ0v) is 18.4. The van der Waals surface area contributed by atoms with Gasteiger partial charge in [0.1, 0.15) is 0 Å². The molecule has 1 heterocycles.